The summed E-state index contributed by atoms with van der Waals surface area (Å²) in [4.78, 5) is 24.9. The van der Waals surface area contributed by atoms with Crippen molar-refractivity contribution >= 4 is 17.6 Å². The maximum Gasteiger partial charge on any atom is 0.338 e. The Balaban J connectivity index is 1.74. The number of hydrogen-bond acceptors (Lipinski definition) is 7. The van der Waals surface area contributed by atoms with Crippen LogP contribution in [0.25, 0.3) is 5.69 Å². The minimum absolute atomic E-state index is 0.143. The van der Waals surface area contributed by atoms with E-state index in [1.54, 1.807) is 48.2 Å². The van der Waals surface area contributed by atoms with E-state index in [1.165, 1.54) is 7.11 Å². The summed E-state index contributed by atoms with van der Waals surface area (Å²) in [6.07, 6.45) is 1.77. The van der Waals surface area contributed by atoms with E-state index in [0.717, 1.165) is 18.5 Å². The third-order valence-electron chi connectivity index (χ3n) is 4.69. The van der Waals surface area contributed by atoms with E-state index < -0.39 is 5.91 Å². The van der Waals surface area contributed by atoms with Gasteiger partial charge in [0.25, 0.3) is 5.91 Å². The molecule has 1 heterocycles. The lowest BCUT2D eigenvalue weighted by Crippen LogP contribution is -2.16. The molecule has 1 N–H and O–H groups in total. The van der Waals surface area contributed by atoms with Gasteiger partial charge < -0.3 is 19.5 Å². The zero-order chi connectivity index (χ0) is 22.9. The summed E-state index contributed by atoms with van der Waals surface area (Å²) in [5.41, 5.74) is 2.31. The summed E-state index contributed by atoms with van der Waals surface area (Å²) in [7, 11) is 3.12. The maximum atomic E-state index is 12.9. The molecule has 1 amide bonds. The molecular formula is C23H26N4O5. The molecule has 0 radical (unpaired) electrons. The van der Waals surface area contributed by atoms with Crippen LogP contribution in [-0.2, 0) is 16.1 Å². The Morgan fingerprint density at radius 1 is 1.03 bits per heavy atom. The first-order chi connectivity index (χ1) is 15.6. The smallest absolute Gasteiger partial charge is 0.338 e. The van der Waals surface area contributed by atoms with Gasteiger partial charge >= 0.3 is 5.97 Å². The number of amides is 1. The number of aromatic nitrogens is 3. The van der Waals surface area contributed by atoms with E-state index in [1.807, 2.05) is 19.1 Å². The average Bonchev–Trinajstić information content (AvgIpc) is 3.23. The molecule has 32 heavy (non-hydrogen) atoms. The largest absolute Gasteiger partial charge is 0.497 e. The van der Waals surface area contributed by atoms with Gasteiger partial charge in [0.05, 0.1) is 31.6 Å². The Kier molecular flexibility index (Phi) is 7.93. The van der Waals surface area contributed by atoms with Gasteiger partial charge in [-0.15, -0.1) is 5.10 Å². The van der Waals surface area contributed by atoms with Crippen molar-refractivity contribution in [3.8, 4) is 11.4 Å². The second-order valence-corrected chi connectivity index (χ2v) is 6.95. The summed E-state index contributed by atoms with van der Waals surface area (Å²) in [5, 5.41) is 10.9. The number of unbranched alkanes of at least 4 members (excludes halogenated alkanes) is 1. The van der Waals surface area contributed by atoms with Crippen molar-refractivity contribution in [3.63, 3.8) is 0 Å². The summed E-state index contributed by atoms with van der Waals surface area (Å²) in [6, 6.07) is 13.7. The van der Waals surface area contributed by atoms with Crippen LogP contribution in [0.15, 0.2) is 48.5 Å². The maximum absolute atomic E-state index is 12.9. The minimum Gasteiger partial charge on any atom is -0.497 e. The van der Waals surface area contributed by atoms with Gasteiger partial charge in [0.2, 0.25) is 0 Å². The van der Waals surface area contributed by atoms with E-state index in [2.05, 4.69) is 15.6 Å². The predicted molar refractivity (Wildman–Crippen MR) is 118 cm³/mol. The third kappa shape index (κ3) is 5.50. The number of rotatable bonds is 10. The van der Waals surface area contributed by atoms with Gasteiger partial charge in [-0.3, -0.25) is 4.79 Å². The number of ether oxygens (including phenoxy) is 3. The number of carbonyl (C=O) groups is 2. The van der Waals surface area contributed by atoms with Gasteiger partial charge in [-0.05, 0) is 55.0 Å². The quantitative estimate of drug-likeness (QED) is 0.381. The minimum atomic E-state index is -0.435. The Morgan fingerprint density at radius 2 is 1.75 bits per heavy atom. The molecule has 0 saturated heterocycles. The lowest BCUT2D eigenvalue weighted by Gasteiger charge is -2.09. The number of esters is 1. The molecule has 168 valence electrons. The van der Waals surface area contributed by atoms with Crippen LogP contribution >= 0.6 is 0 Å². The number of nitrogens with zero attached hydrogens (tertiary/aromatic N) is 3. The fourth-order valence-electron chi connectivity index (χ4n) is 2.95. The molecule has 3 rings (SSSR count). The zero-order valence-corrected chi connectivity index (χ0v) is 18.3. The number of carbonyl (C=O) groups excluding carboxylic acids is 2. The molecule has 0 bridgehead atoms. The molecule has 0 unspecified atom stereocenters. The number of nitrogens with one attached hydrogen (secondary N) is 1. The van der Waals surface area contributed by atoms with Crippen LogP contribution in [0.1, 0.15) is 46.3 Å². The second kappa shape index (κ2) is 11.1. The first kappa shape index (κ1) is 23.0. The lowest BCUT2D eigenvalue weighted by atomic mass is 10.2. The topological polar surface area (TPSA) is 105 Å². The normalized spacial score (nSPS) is 10.6. The van der Waals surface area contributed by atoms with Gasteiger partial charge in [0, 0.05) is 12.8 Å². The summed E-state index contributed by atoms with van der Waals surface area (Å²) >= 11 is 0. The Bertz CT molecular complexity index is 1050. The number of hydrogen-bond donors (Lipinski definition) is 1. The summed E-state index contributed by atoms with van der Waals surface area (Å²) in [5.74, 6) is -0.117. The lowest BCUT2D eigenvalue weighted by molar-refractivity contribution is 0.0499. The van der Waals surface area contributed by atoms with E-state index in [-0.39, 0.29) is 18.3 Å². The molecule has 0 aliphatic carbocycles. The third-order valence-corrected chi connectivity index (χ3v) is 4.69. The van der Waals surface area contributed by atoms with Gasteiger partial charge in [-0.1, -0.05) is 18.6 Å². The van der Waals surface area contributed by atoms with Gasteiger partial charge in [-0.2, -0.15) is 0 Å². The molecule has 0 saturated carbocycles. The fraction of sp³-hybridized carbons (Fsp3) is 0.304. The number of benzene rings is 2. The van der Waals surface area contributed by atoms with Crippen LogP contribution in [0.2, 0.25) is 0 Å². The van der Waals surface area contributed by atoms with Crippen molar-refractivity contribution in [3.05, 3.63) is 65.5 Å². The Morgan fingerprint density at radius 3 is 2.38 bits per heavy atom. The van der Waals surface area contributed by atoms with E-state index in [9.17, 15) is 9.59 Å². The van der Waals surface area contributed by atoms with Crippen molar-refractivity contribution in [2.45, 2.75) is 26.4 Å². The molecule has 3 aromatic rings. The van der Waals surface area contributed by atoms with Crippen LogP contribution in [0, 0.1) is 0 Å². The van der Waals surface area contributed by atoms with Crippen LogP contribution < -0.4 is 10.1 Å². The molecule has 0 spiro atoms. The highest BCUT2D eigenvalue weighted by atomic mass is 16.5. The van der Waals surface area contributed by atoms with Crippen LogP contribution in [0.5, 0.6) is 5.75 Å². The predicted octanol–water partition coefficient (Wildman–Crippen LogP) is 3.63. The van der Waals surface area contributed by atoms with Gasteiger partial charge in [-0.25, -0.2) is 9.48 Å². The zero-order valence-electron chi connectivity index (χ0n) is 18.3. The first-order valence-corrected chi connectivity index (χ1v) is 10.2. The summed E-state index contributed by atoms with van der Waals surface area (Å²) < 4.78 is 17.2. The monoisotopic (exact) mass is 438 g/mol. The van der Waals surface area contributed by atoms with Crippen molar-refractivity contribution in [1.29, 1.82) is 0 Å². The number of anilines is 1. The molecule has 1 aromatic heterocycles. The van der Waals surface area contributed by atoms with Crippen LogP contribution in [0.4, 0.5) is 5.69 Å². The highest BCUT2D eigenvalue weighted by molar-refractivity contribution is 6.03. The SMILES string of the molecule is CCCCOC(=O)c1ccc(NC(=O)c2nnn(-c3ccc(OC)cc3)c2COC)cc1. The average molecular weight is 438 g/mol. The first-order valence-electron chi connectivity index (χ1n) is 10.2. The van der Waals surface area contributed by atoms with Crippen molar-refractivity contribution in [2.75, 3.05) is 26.1 Å². The fourth-order valence-corrected chi connectivity index (χ4v) is 2.95. The van der Waals surface area contributed by atoms with Crippen molar-refractivity contribution in [2.24, 2.45) is 0 Å². The van der Waals surface area contributed by atoms with Gasteiger partial charge in [0.1, 0.15) is 11.4 Å². The highest BCUT2D eigenvalue weighted by Crippen LogP contribution is 2.19. The summed E-state index contributed by atoms with van der Waals surface area (Å²) in [6.45, 7) is 2.56. The van der Waals surface area contributed by atoms with E-state index in [4.69, 9.17) is 14.2 Å². The Labute approximate surface area is 186 Å². The molecular weight excluding hydrogens is 412 g/mol. The molecule has 0 aliphatic heterocycles. The van der Waals surface area contributed by atoms with Gasteiger partial charge in [0.15, 0.2) is 5.69 Å². The number of methoxy groups -OCH3 is 2. The molecule has 9 heteroatoms. The highest BCUT2D eigenvalue weighted by Gasteiger charge is 2.21. The van der Waals surface area contributed by atoms with Crippen molar-refractivity contribution < 1.29 is 23.8 Å². The molecule has 9 nitrogen and oxygen atoms in total. The molecule has 0 atom stereocenters. The molecule has 0 fully saturated rings. The van der Waals surface area contributed by atoms with Crippen molar-refractivity contribution in [1.82, 2.24) is 15.0 Å². The van der Waals surface area contributed by atoms with Crippen LogP contribution in [0.3, 0.4) is 0 Å². The van der Waals surface area contributed by atoms with Crippen LogP contribution in [-0.4, -0.2) is 47.7 Å². The molecule has 2 aromatic carbocycles. The van der Waals surface area contributed by atoms with E-state index >= 15 is 0 Å². The Hall–Kier alpha value is -3.72. The second-order valence-electron chi connectivity index (χ2n) is 6.95. The standard InChI is InChI=1S/C23H26N4O5/c1-4-5-14-32-23(29)16-6-8-17(9-7-16)24-22(28)21-20(15-30-2)27(26-25-21)18-10-12-19(31-3)13-11-18/h6-13H,4-5,14-15H2,1-3H3,(H,24,28). The van der Waals surface area contributed by atoms with E-state index in [0.29, 0.717) is 29.3 Å². The molecule has 0 aliphatic rings.